The number of carbonyl (C=O) groups excluding carboxylic acids is 2. The van der Waals surface area contributed by atoms with Gasteiger partial charge >= 0.3 is 5.97 Å². The number of nitrogens with zero attached hydrogens (tertiary/aromatic N) is 1. The van der Waals surface area contributed by atoms with E-state index >= 15 is 0 Å². The van der Waals surface area contributed by atoms with Crippen molar-refractivity contribution in [1.29, 1.82) is 0 Å². The SMILES string of the molecule is O=C(C=Cc1ccc(F)cc1)OCC(=O)N1CCCCC1. The molecule has 1 saturated heterocycles. The molecular weight excluding hydrogens is 273 g/mol. The summed E-state index contributed by atoms with van der Waals surface area (Å²) in [6, 6.07) is 5.73. The van der Waals surface area contributed by atoms with Gasteiger partial charge in [0.2, 0.25) is 0 Å². The van der Waals surface area contributed by atoms with Crippen molar-refractivity contribution in [3.63, 3.8) is 0 Å². The molecule has 0 bridgehead atoms. The molecule has 0 saturated carbocycles. The number of benzene rings is 1. The van der Waals surface area contributed by atoms with Crippen LogP contribution in [-0.2, 0) is 14.3 Å². The van der Waals surface area contributed by atoms with E-state index in [1.807, 2.05) is 0 Å². The minimum absolute atomic E-state index is 0.154. The van der Waals surface area contributed by atoms with Crippen LogP contribution in [0.3, 0.4) is 0 Å². The zero-order chi connectivity index (χ0) is 15.1. The first kappa shape index (κ1) is 15.2. The summed E-state index contributed by atoms with van der Waals surface area (Å²) in [4.78, 5) is 25.0. The first-order valence-corrected chi connectivity index (χ1v) is 7.03. The maximum Gasteiger partial charge on any atom is 0.331 e. The van der Waals surface area contributed by atoms with E-state index in [9.17, 15) is 14.0 Å². The van der Waals surface area contributed by atoms with E-state index < -0.39 is 5.97 Å². The van der Waals surface area contributed by atoms with Crippen LogP contribution >= 0.6 is 0 Å². The normalized spacial score (nSPS) is 15.2. The van der Waals surface area contributed by atoms with Crippen LogP contribution < -0.4 is 0 Å². The third-order valence-electron chi connectivity index (χ3n) is 3.33. The molecular formula is C16H18FNO3. The van der Waals surface area contributed by atoms with Gasteiger partial charge in [-0.2, -0.15) is 0 Å². The molecule has 0 atom stereocenters. The first-order valence-electron chi connectivity index (χ1n) is 7.03. The van der Waals surface area contributed by atoms with E-state index in [4.69, 9.17) is 4.74 Å². The molecule has 1 aliphatic rings. The van der Waals surface area contributed by atoms with Gasteiger partial charge in [-0.1, -0.05) is 12.1 Å². The summed E-state index contributed by atoms with van der Waals surface area (Å²) in [5.74, 6) is -1.07. The van der Waals surface area contributed by atoms with Crippen molar-refractivity contribution >= 4 is 18.0 Å². The number of rotatable bonds is 4. The molecule has 0 spiro atoms. The Morgan fingerprint density at radius 1 is 1.14 bits per heavy atom. The topological polar surface area (TPSA) is 46.6 Å². The van der Waals surface area contributed by atoms with E-state index in [-0.39, 0.29) is 18.3 Å². The largest absolute Gasteiger partial charge is 0.452 e. The van der Waals surface area contributed by atoms with Crippen LogP contribution in [0.5, 0.6) is 0 Å². The summed E-state index contributed by atoms with van der Waals surface area (Å²) >= 11 is 0. The number of likely N-dealkylation sites (tertiary alicyclic amines) is 1. The molecule has 1 aromatic carbocycles. The lowest BCUT2D eigenvalue weighted by atomic mass is 10.1. The maximum absolute atomic E-state index is 12.7. The molecule has 1 aliphatic heterocycles. The van der Waals surface area contributed by atoms with E-state index in [0.29, 0.717) is 5.56 Å². The van der Waals surface area contributed by atoms with Crippen LogP contribution in [0.15, 0.2) is 30.3 Å². The number of hydrogen-bond donors (Lipinski definition) is 0. The van der Waals surface area contributed by atoms with Gasteiger partial charge in [0.15, 0.2) is 6.61 Å². The van der Waals surface area contributed by atoms with Crippen LogP contribution in [0.4, 0.5) is 4.39 Å². The summed E-state index contributed by atoms with van der Waals surface area (Å²) in [6.45, 7) is 1.25. The van der Waals surface area contributed by atoms with E-state index in [2.05, 4.69) is 0 Å². The average Bonchev–Trinajstić information content (AvgIpc) is 2.53. The molecule has 1 aromatic rings. The second-order valence-corrected chi connectivity index (χ2v) is 4.93. The van der Waals surface area contributed by atoms with Gasteiger partial charge in [0, 0.05) is 19.2 Å². The fourth-order valence-electron chi connectivity index (χ4n) is 2.15. The summed E-state index contributed by atoms with van der Waals surface area (Å²) in [5.41, 5.74) is 0.690. The second kappa shape index (κ2) is 7.57. The number of esters is 1. The van der Waals surface area contributed by atoms with Gasteiger partial charge in [-0.05, 0) is 43.0 Å². The van der Waals surface area contributed by atoms with E-state index in [1.165, 1.54) is 24.3 Å². The molecule has 0 aromatic heterocycles. The standard InChI is InChI=1S/C16H18FNO3/c17-14-7-4-13(5-8-14)6-9-16(20)21-12-15(19)18-10-2-1-3-11-18/h4-9H,1-3,10-12H2. The van der Waals surface area contributed by atoms with Crippen LogP contribution in [0.25, 0.3) is 6.08 Å². The lowest BCUT2D eigenvalue weighted by molar-refractivity contribution is -0.148. The second-order valence-electron chi connectivity index (χ2n) is 4.93. The van der Waals surface area contributed by atoms with Gasteiger partial charge in [0.05, 0.1) is 0 Å². The van der Waals surface area contributed by atoms with Crippen molar-refractivity contribution < 1.29 is 18.7 Å². The van der Waals surface area contributed by atoms with Gasteiger partial charge in [0.25, 0.3) is 5.91 Å². The molecule has 0 radical (unpaired) electrons. The summed E-state index contributed by atoms with van der Waals surface area (Å²) in [6.07, 6.45) is 5.90. The minimum atomic E-state index is -0.579. The molecule has 5 heteroatoms. The van der Waals surface area contributed by atoms with Gasteiger partial charge in [-0.25, -0.2) is 9.18 Å². The van der Waals surface area contributed by atoms with Crippen LogP contribution in [0, 0.1) is 5.82 Å². The Kier molecular flexibility index (Phi) is 5.49. The van der Waals surface area contributed by atoms with Crippen molar-refractivity contribution in [2.45, 2.75) is 19.3 Å². The number of ether oxygens (including phenoxy) is 1. The molecule has 1 amide bonds. The predicted octanol–water partition coefficient (Wildman–Crippen LogP) is 2.39. The van der Waals surface area contributed by atoms with Crippen molar-refractivity contribution in [3.8, 4) is 0 Å². The molecule has 21 heavy (non-hydrogen) atoms. The van der Waals surface area contributed by atoms with Crippen molar-refractivity contribution in [2.24, 2.45) is 0 Å². The Labute approximate surface area is 123 Å². The van der Waals surface area contributed by atoms with Gasteiger partial charge in [-0.15, -0.1) is 0 Å². The number of carbonyl (C=O) groups is 2. The highest BCUT2D eigenvalue weighted by atomic mass is 19.1. The zero-order valence-electron chi connectivity index (χ0n) is 11.8. The smallest absolute Gasteiger partial charge is 0.331 e. The summed E-state index contributed by atoms with van der Waals surface area (Å²) < 4.78 is 17.6. The van der Waals surface area contributed by atoms with Gasteiger partial charge in [-0.3, -0.25) is 4.79 Å². The van der Waals surface area contributed by atoms with Gasteiger partial charge in [0.1, 0.15) is 5.82 Å². The molecule has 0 aliphatic carbocycles. The maximum atomic E-state index is 12.7. The number of amides is 1. The number of hydrogen-bond acceptors (Lipinski definition) is 3. The Balaban J connectivity index is 1.76. The van der Waals surface area contributed by atoms with E-state index in [1.54, 1.807) is 17.0 Å². The molecule has 112 valence electrons. The van der Waals surface area contributed by atoms with Gasteiger partial charge < -0.3 is 9.64 Å². The average molecular weight is 291 g/mol. The Morgan fingerprint density at radius 3 is 2.48 bits per heavy atom. The third kappa shape index (κ3) is 5.02. The third-order valence-corrected chi connectivity index (χ3v) is 3.33. The Hall–Kier alpha value is -2.17. The highest BCUT2D eigenvalue weighted by Gasteiger charge is 2.17. The lowest BCUT2D eigenvalue weighted by Gasteiger charge is -2.26. The highest BCUT2D eigenvalue weighted by molar-refractivity contribution is 5.89. The van der Waals surface area contributed by atoms with Crippen LogP contribution in [0.1, 0.15) is 24.8 Å². The predicted molar refractivity (Wildman–Crippen MR) is 76.8 cm³/mol. The monoisotopic (exact) mass is 291 g/mol. The molecule has 4 nitrogen and oxygen atoms in total. The fourth-order valence-corrected chi connectivity index (χ4v) is 2.15. The summed E-state index contributed by atoms with van der Waals surface area (Å²) in [5, 5.41) is 0. The number of piperidine rings is 1. The molecule has 0 unspecified atom stereocenters. The highest BCUT2D eigenvalue weighted by Crippen LogP contribution is 2.09. The molecule has 1 fully saturated rings. The van der Waals surface area contributed by atoms with Crippen molar-refractivity contribution in [3.05, 3.63) is 41.7 Å². The Morgan fingerprint density at radius 2 is 1.81 bits per heavy atom. The van der Waals surface area contributed by atoms with Crippen molar-refractivity contribution in [1.82, 2.24) is 4.90 Å². The number of halogens is 1. The minimum Gasteiger partial charge on any atom is -0.452 e. The molecule has 2 rings (SSSR count). The lowest BCUT2D eigenvalue weighted by Crippen LogP contribution is -2.38. The van der Waals surface area contributed by atoms with Crippen LogP contribution in [-0.4, -0.2) is 36.5 Å². The van der Waals surface area contributed by atoms with Crippen LogP contribution in [0.2, 0.25) is 0 Å². The first-order chi connectivity index (χ1) is 10.1. The quantitative estimate of drug-likeness (QED) is 0.632. The fraction of sp³-hybridized carbons (Fsp3) is 0.375. The zero-order valence-corrected chi connectivity index (χ0v) is 11.8. The molecule has 0 N–H and O–H groups in total. The van der Waals surface area contributed by atoms with E-state index in [0.717, 1.165) is 32.4 Å². The molecule has 1 heterocycles. The Bertz CT molecular complexity index is 519. The summed E-state index contributed by atoms with van der Waals surface area (Å²) in [7, 11) is 0. The van der Waals surface area contributed by atoms with Crippen molar-refractivity contribution in [2.75, 3.05) is 19.7 Å².